The molecule has 3 amide bonds. The predicted octanol–water partition coefficient (Wildman–Crippen LogP) is 0.671. The van der Waals surface area contributed by atoms with Gasteiger partial charge in [-0.25, -0.2) is 0 Å². The third-order valence-electron chi connectivity index (χ3n) is 5.46. The third-order valence-corrected chi connectivity index (χ3v) is 5.46. The lowest BCUT2D eigenvalue weighted by molar-refractivity contribution is -0.129. The van der Waals surface area contributed by atoms with Crippen molar-refractivity contribution in [3.8, 4) is 5.75 Å². The number of benzene rings is 1. The van der Waals surface area contributed by atoms with Crippen molar-refractivity contribution in [1.82, 2.24) is 20.9 Å². The lowest BCUT2D eigenvalue weighted by atomic mass is 10.0. The van der Waals surface area contributed by atoms with Crippen LogP contribution in [0.4, 0.5) is 0 Å². The van der Waals surface area contributed by atoms with Gasteiger partial charge in [-0.2, -0.15) is 0 Å². The van der Waals surface area contributed by atoms with Gasteiger partial charge in [0.25, 0.3) is 5.91 Å². The minimum Gasteiger partial charge on any atom is -0.497 e. The first-order valence-electron chi connectivity index (χ1n) is 10.1. The van der Waals surface area contributed by atoms with Crippen LogP contribution >= 0.6 is 0 Å². The zero-order valence-electron chi connectivity index (χ0n) is 17.2. The Hall–Kier alpha value is -2.61. The van der Waals surface area contributed by atoms with Gasteiger partial charge in [-0.1, -0.05) is 0 Å². The second kappa shape index (κ2) is 9.26. The lowest BCUT2D eigenvalue weighted by Gasteiger charge is -2.37. The number of hydrogen-bond acceptors (Lipinski definition) is 5. The molecule has 0 bridgehead atoms. The average Bonchev–Trinajstić information content (AvgIpc) is 3.11. The third kappa shape index (κ3) is 5.26. The van der Waals surface area contributed by atoms with Crippen molar-refractivity contribution in [2.75, 3.05) is 20.2 Å². The molecule has 8 nitrogen and oxygen atoms in total. The summed E-state index contributed by atoms with van der Waals surface area (Å²) in [5, 5.41) is 8.89. The van der Waals surface area contributed by atoms with E-state index in [4.69, 9.17) is 4.74 Å². The van der Waals surface area contributed by atoms with Gasteiger partial charge < -0.3 is 20.7 Å². The summed E-state index contributed by atoms with van der Waals surface area (Å²) in [6.45, 7) is 5.01. The summed E-state index contributed by atoms with van der Waals surface area (Å²) in [5.41, 5.74) is 0.557. The van der Waals surface area contributed by atoms with E-state index in [-0.39, 0.29) is 41.9 Å². The Morgan fingerprint density at radius 2 is 2.00 bits per heavy atom. The van der Waals surface area contributed by atoms with E-state index in [1.165, 1.54) is 0 Å². The summed E-state index contributed by atoms with van der Waals surface area (Å²) in [7, 11) is 1.58. The molecule has 2 fully saturated rings. The fraction of sp³-hybridized carbons (Fsp3) is 0.571. The molecule has 2 aliphatic heterocycles. The van der Waals surface area contributed by atoms with E-state index in [1.54, 1.807) is 31.4 Å². The number of amides is 3. The van der Waals surface area contributed by atoms with E-state index in [1.807, 2.05) is 13.8 Å². The molecule has 158 valence electrons. The van der Waals surface area contributed by atoms with Crippen LogP contribution in [0.2, 0.25) is 0 Å². The number of carbonyl (C=O) groups is 3. The highest BCUT2D eigenvalue weighted by atomic mass is 16.5. The second-order valence-corrected chi connectivity index (χ2v) is 8.01. The van der Waals surface area contributed by atoms with Crippen LogP contribution in [0.15, 0.2) is 24.3 Å². The van der Waals surface area contributed by atoms with E-state index in [0.29, 0.717) is 43.7 Å². The molecule has 2 heterocycles. The molecule has 0 spiro atoms. The monoisotopic (exact) mass is 402 g/mol. The fourth-order valence-electron chi connectivity index (χ4n) is 4.05. The van der Waals surface area contributed by atoms with Gasteiger partial charge in [0.05, 0.1) is 13.2 Å². The van der Waals surface area contributed by atoms with Gasteiger partial charge in [-0.05, 0) is 51.0 Å². The van der Waals surface area contributed by atoms with Crippen LogP contribution in [0.5, 0.6) is 5.75 Å². The van der Waals surface area contributed by atoms with Crippen LogP contribution in [-0.4, -0.2) is 67.0 Å². The predicted molar refractivity (Wildman–Crippen MR) is 109 cm³/mol. The summed E-state index contributed by atoms with van der Waals surface area (Å²) in [4.78, 5) is 39.0. The Morgan fingerprint density at radius 1 is 1.28 bits per heavy atom. The van der Waals surface area contributed by atoms with Crippen LogP contribution in [0.25, 0.3) is 0 Å². The molecule has 8 heteroatoms. The van der Waals surface area contributed by atoms with Crippen LogP contribution < -0.4 is 20.7 Å². The lowest BCUT2D eigenvalue weighted by Crippen LogP contribution is -2.58. The smallest absolute Gasteiger partial charge is 0.251 e. The highest BCUT2D eigenvalue weighted by Gasteiger charge is 2.43. The molecule has 3 N–H and O–H groups in total. The van der Waals surface area contributed by atoms with E-state index >= 15 is 0 Å². The molecule has 0 radical (unpaired) electrons. The summed E-state index contributed by atoms with van der Waals surface area (Å²) in [6.07, 6.45) is 1.67. The van der Waals surface area contributed by atoms with Crippen molar-refractivity contribution >= 4 is 17.7 Å². The van der Waals surface area contributed by atoms with Crippen molar-refractivity contribution in [3.63, 3.8) is 0 Å². The van der Waals surface area contributed by atoms with Crippen LogP contribution in [0.3, 0.4) is 0 Å². The largest absolute Gasteiger partial charge is 0.497 e. The maximum Gasteiger partial charge on any atom is 0.251 e. The van der Waals surface area contributed by atoms with Gasteiger partial charge in [0.15, 0.2) is 0 Å². The van der Waals surface area contributed by atoms with Crippen molar-refractivity contribution in [2.24, 2.45) is 0 Å². The molecular weight excluding hydrogens is 372 g/mol. The highest BCUT2D eigenvalue weighted by Crippen LogP contribution is 2.26. The Morgan fingerprint density at radius 3 is 2.66 bits per heavy atom. The van der Waals surface area contributed by atoms with E-state index < -0.39 is 0 Å². The number of fused-ring (bicyclic) bond motifs is 1. The van der Waals surface area contributed by atoms with Crippen LogP contribution in [-0.2, 0) is 9.59 Å². The molecular formula is C21H30N4O4. The first-order valence-corrected chi connectivity index (χ1v) is 10.1. The van der Waals surface area contributed by atoms with Gasteiger partial charge >= 0.3 is 0 Å². The maximum atomic E-state index is 12.6. The minimum absolute atomic E-state index is 0.00548. The Bertz CT molecular complexity index is 750. The van der Waals surface area contributed by atoms with Gasteiger partial charge in [0.1, 0.15) is 5.75 Å². The SMILES string of the molecule is COc1ccc(C(=O)N[C@H]2C[C@H]3C(=O)NC[C@@H](CCC(=O)NC(C)C)N3C2)cc1. The van der Waals surface area contributed by atoms with Gasteiger partial charge in [-0.15, -0.1) is 0 Å². The number of carbonyl (C=O) groups excluding carboxylic acids is 3. The standard InChI is InChI=1S/C21H30N4O4/c1-13(2)23-19(26)9-6-16-11-22-21(28)18-10-15(12-25(16)18)24-20(27)14-4-7-17(29-3)8-5-14/h4-5,7-8,13,15-16,18H,6,9-12H2,1-3H3,(H,22,28)(H,23,26)(H,24,27)/t15-,16+,18-/m0/s1. The van der Waals surface area contributed by atoms with E-state index in [0.717, 1.165) is 0 Å². The minimum atomic E-state index is -0.261. The average molecular weight is 402 g/mol. The number of piperazine rings is 1. The molecule has 1 aromatic rings. The normalized spacial score (nSPS) is 24.0. The quantitative estimate of drug-likeness (QED) is 0.623. The van der Waals surface area contributed by atoms with Crippen LogP contribution in [0.1, 0.15) is 43.5 Å². The number of hydrogen-bond donors (Lipinski definition) is 3. The molecule has 0 aromatic heterocycles. The molecule has 0 aliphatic carbocycles. The zero-order valence-corrected chi connectivity index (χ0v) is 17.2. The number of rotatable bonds is 7. The maximum absolute atomic E-state index is 12.6. The van der Waals surface area contributed by atoms with Crippen molar-refractivity contribution in [1.29, 1.82) is 0 Å². The Kier molecular flexibility index (Phi) is 6.74. The summed E-state index contributed by atoms with van der Waals surface area (Å²) < 4.78 is 5.12. The van der Waals surface area contributed by atoms with E-state index in [2.05, 4.69) is 20.9 Å². The van der Waals surface area contributed by atoms with Gasteiger partial charge in [0, 0.05) is 43.2 Å². The topological polar surface area (TPSA) is 99.8 Å². The number of nitrogens with one attached hydrogen (secondary N) is 3. The second-order valence-electron chi connectivity index (χ2n) is 8.01. The van der Waals surface area contributed by atoms with Crippen molar-refractivity contribution < 1.29 is 19.1 Å². The molecule has 0 unspecified atom stereocenters. The molecule has 3 atom stereocenters. The Balaban J connectivity index is 1.57. The molecule has 29 heavy (non-hydrogen) atoms. The highest BCUT2D eigenvalue weighted by molar-refractivity contribution is 5.94. The first-order chi connectivity index (χ1) is 13.9. The number of nitrogens with zero attached hydrogens (tertiary/aromatic N) is 1. The molecule has 2 saturated heterocycles. The van der Waals surface area contributed by atoms with Gasteiger partial charge in [-0.3, -0.25) is 19.3 Å². The summed E-state index contributed by atoms with van der Waals surface area (Å²) in [6, 6.07) is 6.79. The van der Waals surface area contributed by atoms with Crippen LogP contribution in [0, 0.1) is 0 Å². The molecule has 1 aromatic carbocycles. The van der Waals surface area contributed by atoms with Crippen molar-refractivity contribution in [2.45, 2.75) is 57.3 Å². The molecule has 3 rings (SSSR count). The van der Waals surface area contributed by atoms with Crippen molar-refractivity contribution in [3.05, 3.63) is 29.8 Å². The number of ether oxygens (including phenoxy) is 1. The number of methoxy groups -OCH3 is 1. The summed E-state index contributed by atoms with van der Waals surface area (Å²) >= 11 is 0. The molecule has 2 aliphatic rings. The zero-order chi connectivity index (χ0) is 21.0. The molecule has 0 saturated carbocycles. The summed E-state index contributed by atoms with van der Waals surface area (Å²) in [5.74, 6) is 0.553. The first kappa shape index (κ1) is 21.1. The van der Waals surface area contributed by atoms with E-state index in [9.17, 15) is 14.4 Å². The van der Waals surface area contributed by atoms with Gasteiger partial charge in [0.2, 0.25) is 11.8 Å². The Labute approximate surface area is 171 Å². The fourth-order valence-corrected chi connectivity index (χ4v) is 4.05.